The Morgan fingerprint density at radius 3 is 2.43 bits per heavy atom. The zero-order valence-corrected chi connectivity index (χ0v) is 20.7. The summed E-state index contributed by atoms with van der Waals surface area (Å²) in [5.74, 6) is -1.77. The quantitative estimate of drug-likeness (QED) is 0.395. The highest BCUT2D eigenvalue weighted by Gasteiger charge is 2.31. The van der Waals surface area contributed by atoms with E-state index in [-0.39, 0.29) is 55.9 Å². The number of aromatic hydroxyl groups is 1. The smallest absolute Gasteiger partial charge is 0.416 e. The van der Waals surface area contributed by atoms with E-state index in [1.54, 1.807) is 9.80 Å². The Labute approximate surface area is 217 Å². The van der Waals surface area contributed by atoms with Crippen LogP contribution in [-0.4, -0.2) is 75.3 Å². The lowest BCUT2D eigenvalue weighted by Crippen LogP contribution is -2.50. The maximum absolute atomic E-state index is 13.5. The second kappa shape index (κ2) is 10.6. The number of hydrogen-bond acceptors (Lipinski definition) is 6. The number of halogens is 4. The number of hydrogen-bond donors (Lipinski definition) is 3. The first-order valence-electron chi connectivity index (χ1n) is 11.0. The molecule has 196 valence electrons. The lowest BCUT2D eigenvalue weighted by atomic mass is 9.98. The fraction of sp³-hybridized carbons (Fsp3) is 0.292. The van der Waals surface area contributed by atoms with E-state index in [0.29, 0.717) is 26.2 Å². The van der Waals surface area contributed by atoms with Gasteiger partial charge in [0.25, 0.3) is 5.56 Å². The summed E-state index contributed by atoms with van der Waals surface area (Å²) in [5, 5.41) is 19.7. The van der Waals surface area contributed by atoms with Gasteiger partial charge in [0, 0.05) is 53.2 Å². The number of alkyl halides is 3. The Bertz CT molecular complexity index is 1420. The third kappa shape index (κ3) is 6.03. The molecule has 1 aromatic heterocycles. The normalized spacial score (nSPS) is 14.8. The van der Waals surface area contributed by atoms with Crippen LogP contribution in [0.4, 0.5) is 13.2 Å². The molecule has 2 heterocycles. The minimum atomic E-state index is -4.65. The molecule has 0 saturated carbocycles. The SMILES string of the molecule is O=C(O)CN1CCN(C(=O)CSc2c(-c3cc(Cl)ccc3O)c3cc(C(F)(F)F)ccc3[nH]c2=O)CC1. The number of fused-ring (bicyclic) bond motifs is 1. The zero-order valence-electron chi connectivity index (χ0n) is 19.1. The van der Waals surface area contributed by atoms with Crippen LogP contribution >= 0.6 is 23.4 Å². The van der Waals surface area contributed by atoms with Gasteiger partial charge >= 0.3 is 12.1 Å². The summed E-state index contributed by atoms with van der Waals surface area (Å²) in [4.78, 5) is 42.6. The Kier molecular flexibility index (Phi) is 7.72. The summed E-state index contributed by atoms with van der Waals surface area (Å²) in [7, 11) is 0. The number of benzene rings is 2. The van der Waals surface area contributed by atoms with Gasteiger partial charge in [-0.15, -0.1) is 11.8 Å². The number of thioether (sulfide) groups is 1. The van der Waals surface area contributed by atoms with Gasteiger partial charge in [0.1, 0.15) is 5.75 Å². The molecule has 8 nitrogen and oxygen atoms in total. The van der Waals surface area contributed by atoms with Crippen LogP contribution in [0.5, 0.6) is 5.75 Å². The number of rotatable bonds is 6. The average molecular weight is 556 g/mol. The number of nitrogens with one attached hydrogen (secondary N) is 1. The second-order valence-corrected chi connectivity index (χ2v) is 9.84. The van der Waals surface area contributed by atoms with Crippen LogP contribution in [-0.2, 0) is 15.8 Å². The molecule has 1 saturated heterocycles. The minimum Gasteiger partial charge on any atom is -0.507 e. The van der Waals surface area contributed by atoms with Gasteiger partial charge in [-0.2, -0.15) is 13.2 Å². The Morgan fingerprint density at radius 2 is 1.78 bits per heavy atom. The summed E-state index contributed by atoms with van der Waals surface area (Å²) >= 11 is 6.95. The van der Waals surface area contributed by atoms with Crippen molar-refractivity contribution in [2.75, 3.05) is 38.5 Å². The van der Waals surface area contributed by atoms with Gasteiger partial charge in [-0.25, -0.2) is 0 Å². The number of piperazine rings is 1. The van der Waals surface area contributed by atoms with Gasteiger partial charge in [0.05, 0.1) is 22.8 Å². The molecular weight excluding hydrogens is 535 g/mol. The number of carbonyl (C=O) groups excluding carboxylic acids is 1. The van der Waals surface area contributed by atoms with Gasteiger partial charge in [-0.3, -0.25) is 19.3 Å². The van der Waals surface area contributed by atoms with E-state index in [1.807, 2.05) is 0 Å². The molecule has 1 aliphatic rings. The van der Waals surface area contributed by atoms with E-state index in [2.05, 4.69) is 4.98 Å². The molecule has 2 aromatic carbocycles. The van der Waals surface area contributed by atoms with Gasteiger partial charge in [-0.05, 0) is 36.4 Å². The molecule has 1 aliphatic heterocycles. The fourth-order valence-corrected chi connectivity index (χ4v) is 5.31. The van der Waals surface area contributed by atoms with Crippen LogP contribution in [0, 0.1) is 0 Å². The molecule has 3 aromatic rings. The molecule has 0 spiro atoms. The van der Waals surface area contributed by atoms with Crippen molar-refractivity contribution < 1.29 is 33.0 Å². The average Bonchev–Trinajstić information content (AvgIpc) is 2.83. The van der Waals surface area contributed by atoms with Crippen molar-refractivity contribution in [3.05, 3.63) is 57.3 Å². The molecule has 0 bridgehead atoms. The molecule has 4 rings (SSSR count). The molecule has 0 aliphatic carbocycles. The van der Waals surface area contributed by atoms with Crippen LogP contribution in [0.15, 0.2) is 46.1 Å². The first-order valence-corrected chi connectivity index (χ1v) is 12.4. The molecular formula is C24H21ClF3N3O5S. The number of pyridine rings is 1. The standard InChI is InChI=1S/C24H21ClF3N3O5S/c25-14-2-4-18(32)16(10-14)21-15-9-13(24(26,27)28)1-3-17(15)29-23(36)22(21)37-12-19(33)31-7-5-30(6-8-31)11-20(34)35/h1-4,9-10,32H,5-8,11-12H2,(H,29,36)(H,34,35). The molecule has 0 atom stereocenters. The van der Waals surface area contributed by atoms with E-state index in [4.69, 9.17) is 16.7 Å². The third-order valence-electron chi connectivity index (χ3n) is 5.95. The number of phenols is 1. The number of carbonyl (C=O) groups is 2. The lowest BCUT2D eigenvalue weighted by molar-refractivity contribution is -0.139. The number of aliphatic carboxylic acids is 1. The Hall–Kier alpha value is -3.22. The summed E-state index contributed by atoms with van der Waals surface area (Å²) in [5.41, 5.74) is -1.36. The van der Waals surface area contributed by atoms with Crippen LogP contribution in [0.25, 0.3) is 22.0 Å². The summed E-state index contributed by atoms with van der Waals surface area (Å²) in [6, 6.07) is 6.89. The predicted molar refractivity (Wildman–Crippen MR) is 133 cm³/mol. The first kappa shape index (κ1) is 26.8. The van der Waals surface area contributed by atoms with Crippen molar-refractivity contribution in [3.8, 4) is 16.9 Å². The van der Waals surface area contributed by atoms with Gasteiger partial charge in [-0.1, -0.05) is 11.6 Å². The van der Waals surface area contributed by atoms with E-state index >= 15 is 0 Å². The Morgan fingerprint density at radius 1 is 1.08 bits per heavy atom. The number of nitrogens with zero attached hydrogens (tertiary/aromatic N) is 2. The van der Waals surface area contributed by atoms with Crippen molar-refractivity contribution in [1.29, 1.82) is 0 Å². The number of carboxylic acids is 1. The number of aromatic nitrogens is 1. The maximum Gasteiger partial charge on any atom is 0.416 e. The molecule has 1 fully saturated rings. The van der Waals surface area contributed by atoms with Gasteiger partial charge in [0.2, 0.25) is 5.91 Å². The topological polar surface area (TPSA) is 114 Å². The van der Waals surface area contributed by atoms with Crippen molar-refractivity contribution >= 4 is 46.1 Å². The van der Waals surface area contributed by atoms with E-state index in [9.17, 15) is 32.7 Å². The van der Waals surface area contributed by atoms with Crippen molar-refractivity contribution in [2.45, 2.75) is 11.1 Å². The van der Waals surface area contributed by atoms with Crippen molar-refractivity contribution in [2.24, 2.45) is 0 Å². The van der Waals surface area contributed by atoms with E-state index in [0.717, 1.165) is 30.0 Å². The summed E-state index contributed by atoms with van der Waals surface area (Å²) in [6.45, 7) is 1.23. The fourth-order valence-electron chi connectivity index (χ4n) is 4.14. The number of phenolic OH excluding ortho intramolecular Hbond substituents is 1. The van der Waals surface area contributed by atoms with Crippen LogP contribution in [0.1, 0.15) is 5.56 Å². The minimum absolute atomic E-state index is 0.0317. The highest BCUT2D eigenvalue weighted by Crippen LogP contribution is 2.42. The monoisotopic (exact) mass is 555 g/mol. The lowest BCUT2D eigenvalue weighted by Gasteiger charge is -2.33. The van der Waals surface area contributed by atoms with Crippen LogP contribution in [0.3, 0.4) is 0 Å². The molecule has 3 N–H and O–H groups in total. The zero-order chi connectivity index (χ0) is 26.9. The predicted octanol–water partition coefficient (Wildman–Crippen LogP) is 3.89. The summed E-state index contributed by atoms with van der Waals surface area (Å²) < 4.78 is 40.5. The third-order valence-corrected chi connectivity index (χ3v) is 7.25. The highest BCUT2D eigenvalue weighted by molar-refractivity contribution is 8.00. The number of carboxylic acid groups (broad SMARTS) is 1. The maximum atomic E-state index is 13.5. The molecule has 0 radical (unpaired) electrons. The van der Waals surface area contributed by atoms with E-state index < -0.39 is 23.3 Å². The number of aromatic amines is 1. The largest absolute Gasteiger partial charge is 0.507 e. The van der Waals surface area contributed by atoms with Gasteiger partial charge in [0.15, 0.2) is 0 Å². The Balaban J connectivity index is 1.71. The number of H-pyrrole nitrogens is 1. The second-order valence-electron chi connectivity index (χ2n) is 8.42. The number of amides is 1. The van der Waals surface area contributed by atoms with Crippen molar-refractivity contribution in [1.82, 2.24) is 14.8 Å². The molecule has 0 unspecified atom stereocenters. The molecule has 37 heavy (non-hydrogen) atoms. The van der Waals surface area contributed by atoms with Gasteiger partial charge < -0.3 is 20.1 Å². The first-order chi connectivity index (χ1) is 17.4. The van der Waals surface area contributed by atoms with E-state index in [1.165, 1.54) is 18.2 Å². The highest BCUT2D eigenvalue weighted by atomic mass is 35.5. The molecule has 1 amide bonds. The summed E-state index contributed by atoms with van der Waals surface area (Å²) in [6.07, 6.45) is -4.65. The molecule has 13 heteroatoms. The van der Waals surface area contributed by atoms with Crippen molar-refractivity contribution in [3.63, 3.8) is 0 Å². The van der Waals surface area contributed by atoms with Crippen LogP contribution < -0.4 is 5.56 Å². The van der Waals surface area contributed by atoms with Crippen LogP contribution in [0.2, 0.25) is 5.02 Å².